The highest BCUT2D eigenvalue weighted by Gasteiger charge is 2.22. The number of halogens is 1. The van der Waals surface area contributed by atoms with Crippen molar-refractivity contribution in [1.82, 2.24) is 0 Å². The van der Waals surface area contributed by atoms with Crippen molar-refractivity contribution in [2.24, 2.45) is 11.8 Å². The topological polar surface area (TPSA) is 0 Å². The Morgan fingerprint density at radius 2 is 1.92 bits per heavy atom. The number of fused-ring (bicyclic) bond motifs is 1. The molecular weight excluding hydrogens is 212 g/mol. The molecule has 62 valence electrons. The van der Waals surface area contributed by atoms with Gasteiger partial charge < -0.3 is 0 Å². The Labute approximate surface area is 81.5 Å². The van der Waals surface area contributed by atoms with Crippen LogP contribution in [0.25, 0.3) is 0 Å². The first-order valence-electron chi connectivity index (χ1n) is 4.18. The van der Waals surface area contributed by atoms with Crippen molar-refractivity contribution >= 4 is 15.9 Å². The zero-order valence-corrected chi connectivity index (χ0v) is 8.58. The van der Waals surface area contributed by atoms with Gasteiger partial charge in [0, 0.05) is 16.3 Å². The summed E-state index contributed by atoms with van der Waals surface area (Å²) in [5.41, 5.74) is 1.34. The predicted octanol–water partition coefficient (Wildman–Crippen LogP) is 3.58. The van der Waals surface area contributed by atoms with Crippen molar-refractivity contribution in [3.8, 4) is 0 Å². The minimum atomic E-state index is 0.542. The average molecular weight is 223 g/mol. The maximum Gasteiger partial charge on any atom is 0.0188 e. The zero-order chi connectivity index (χ0) is 8.55. The van der Waals surface area contributed by atoms with Crippen molar-refractivity contribution in [3.63, 3.8) is 0 Å². The van der Waals surface area contributed by atoms with E-state index in [0.29, 0.717) is 11.8 Å². The van der Waals surface area contributed by atoms with Crippen LogP contribution in [0.2, 0.25) is 0 Å². The van der Waals surface area contributed by atoms with E-state index < -0.39 is 0 Å². The van der Waals surface area contributed by atoms with Crippen LogP contribution >= 0.6 is 15.9 Å². The normalized spacial score (nSPS) is 32.5. The van der Waals surface area contributed by atoms with Crippen LogP contribution in [-0.4, -0.2) is 0 Å². The molecule has 0 nitrogen and oxygen atoms in total. The van der Waals surface area contributed by atoms with Gasteiger partial charge in [-0.05, 0) is 12.5 Å². The molecule has 2 unspecified atom stereocenters. The molecule has 0 aromatic heterocycles. The molecule has 2 aliphatic rings. The molecule has 0 aliphatic heterocycles. The minimum Gasteiger partial charge on any atom is -0.0767 e. The molecule has 0 bridgehead atoms. The fourth-order valence-corrected chi connectivity index (χ4v) is 2.25. The fraction of sp³-hybridized carbons (Fsp3) is 0.273. The molecule has 0 amide bonds. The van der Waals surface area contributed by atoms with Gasteiger partial charge in [-0.15, -0.1) is 0 Å². The van der Waals surface area contributed by atoms with Gasteiger partial charge in [0.05, 0.1) is 0 Å². The summed E-state index contributed by atoms with van der Waals surface area (Å²) in [5, 5.41) is 0. The Kier molecular flexibility index (Phi) is 2.05. The lowest BCUT2D eigenvalue weighted by Gasteiger charge is -2.25. The van der Waals surface area contributed by atoms with Gasteiger partial charge in [0.2, 0.25) is 0 Å². The van der Waals surface area contributed by atoms with Crippen molar-refractivity contribution in [1.29, 1.82) is 0 Å². The monoisotopic (exact) mass is 222 g/mol. The summed E-state index contributed by atoms with van der Waals surface area (Å²) < 4.78 is 1.33. The Hall–Kier alpha value is -0.560. The molecule has 2 rings (SSSR count). The molecule has 0 aromatic rings. The van der Waals surface area contributed by atoms with E-state index in [1.165, 1.54) is 10.1 Å². The third-order valence-corrected chi connectivity index (χ3v) is 3.57. The maximum absolute atomic E-state index is 3.64. The Balaban J connectivity index is 2.38. The van der Waals surface area contributed by atoms with Gasteiger partial charge in [0.15, 0.2) is 0 Å². The molecular formula is C11H11Br. The van der Waals surface area contributed by atoms with Crippen LogP contribution in [-0.2, 0) is 0 Å². The van der Waals surface area contributed by atoms with E-state index in [9.17, 15) is 0 Å². The van der Waals surface area contributed by atoms with Crippen LogP contribution in [0.3, 0.4) is 0 Å². The lowest BCUT2D eigenvalue weighted by Crippen LogP contribution is -2.14. The second kappa shape index (κ2) is 3.06. The quantitative estimate of drug-likeness (QED) is 0.588. The van der Waals surface area contributed by atoms with Gasteiger partial charge in [-0.3, -0.25) is 0 Å². The lowest BCUT2D eigenvalue weighted by molar-refractivity contribution is 0.647. The standard InChI is InChI=1S/C11H11Br/c1-8-6-7-9-4-2-3-5-10(9)11(8)12/h2-7,9-10H,1H3. The highest BCUT2D eigenvalue weighted by Crippen LogP contribution is 2.37. The maximum atomic E-state index is 3.64. The number of rotatable bonds is 0. The summed E-state index contributed by atoms with van der Waals surface area (Å²) in [6, 6.07) is 0. The Morgan fingerprint density at radius 3 is 2.75 bits per heavy atom. The van der Waals surface area contributed by atoms with Crippen molar-refractivity contribution in [3.05, 3.63) is 46.5 Å². The van der Waals surface area contributed by atoms with Crippen molar-refractivity contribution in [2.45, 2.75) is 6.92 Å². The summed E-state index contributed by atoms with van der Waals surface area (Å²) >= 11 is 3.64. The van der Waals surface area contributed by atoms with Crippen LogP contribution in [0.5, 0.6) is 0 Å². The average Bonchev–Trinajstić information content (AvgIpc) is 2.12. The second-order valence-electron chi connectivity index (χ2n) is 3.26. The van der Waals surface area contributed by atoms with Gasteiger partial charge in [0.25, 0.3) is 0 Å². The first-order valence-corrected chi connectivity index (χ1v) is 4.98. The minimum absolute atomic E-state index is 0.542. The largest absolute Gasteiger partial charge is 0.0767 e. The molecule has 0 spiro atoms. The summed E-state index contributed by atoms with van der Waals surface area (Å²) in [4.78, 5) is 0. The van der Waals surface area contributed by atoms with E-state index in [4.69, 9.17) is 0 Å². The Morgan fingerprint density at radius 1 is 1.17 bits per heavy atom. The van der Waals surface area contributed by atoms with Crippen LogP contribution in [0.15, 0.2) is 46.5 Å². The van der Waals surface area contributed by atoms with Crippen LogP contribution in [0, 0.1) is 11.8 Å². The van der Waals surface area contributed by atoms with Gasteiger partial charge in [-0.25, -0.2) is 0 Å². The number of hydrogen-bond acceptors (Lipinski definition) is 0. The van der Waals surface area contributed by atoms with Crippen molar-refractivity contribution < 1.29 is 0 Å². The first-order chi connectivity index (χ1) is 5.79. The van der Waals surface area contributed by atoms with E-state index in [1.807, 2.05) is 0 Å². The smallest absolute Gasteiger partial charge is 0.0188 e. The highest BCUT2D eigenvalue weighted by atomic mass is 79.9. The molecule has 0 heterocycles. The lowest BCUT2D eigenvalue weighted by atomic mass is 9.83. The highest BCUT2D eigenvalue weighted by molar-refractivity contribution is 9.11. The van der Waals surface area contributed by atoms with E-state index in [1.54, 1.807) is 0 Å². The molecule has 0 saturated carbocycles. The molecule has 0 N–H and O–H groups in total. The summed E-state index contributed by atoms with van der Waals surface area (Å²) in [7, 11) is 0. The van der Waals surface area contributed by atoms with E-state index in [2.05, 4.69) is 59.3 Å². The molecule has 2 atom stereocenters. The zero-order valence-electron chi connectivity index (χ0n) is 7.00. The third kappa shape index (κ3) is 1.22. The fourth-order valence-electron chi connectivity index (χ4n) is 1.66. The van der Waals surface area contributed by atoms with Gasteiger partial charge in [-0.2, -0.15) is 0 Å². The van der Waals surface area contributed by atoms with E-state index in [-0.39, 0.29) is 0 Å². The van der Waals surface area contributed by atoms with Gasteiger partial charge in [0.1, 0.15) is 0 Å². The van der Waals surface area contributed by atoms with Crippen LogP contribution in [0.4, 0.5) is 0 Å². The summed E-state index contributed by atoms with van der Waals surface area (Å²) in [5.74, 6) is 1.10. The first kappa shape index (κ1) is 8.06. The third-order valence-electron chi connectivity index (χ3n) is 2.42. The SMILES string of the molecule is CC1=C(Br)C2C=CC=CC2C=C1. The number of allylic oxidation sites excluding steroid dienone is 8. The molecule has 2 aliphatic carbocycles. The molecule has 0 radical (unpaired) electrons. The van der Waals surface area contributed by atoms with Crippen LogP contribution < -0.4 is 0 Å². The van der Waals surface area contributed by atoms with E-state index >= 15 is 0 Å². The van der Waals surface area contributed by atoms with E-state index in [0.717, 1.165) is 0 Å². The molecule has 1 heteroatoms. The second-order valence-corrected chi connectivity index (χ2v) is 4.12. The number of hydrogen-bond donors (Lipinski definition) is 0. The molecule has 12 heavy (non-hydrogen) atoms. The molecule has 0 saturated heterocycles. The molecule has 0 aromatic carbocycles. The summed E-state index contributed by atoms with van der Waals surface area (Å²) in [6.45, 7) is 2.14. The van der Waals surface area contributed by atoms with Gasteiger partial charge in [-0.1, -0.05) is 52.4 Å². The Bertz CT molecular complexity index is 305. The summed E-state index contributed by atoms with van der Waals surface area (Å²) in [6.07, 6.45) is 13.2. The molecule has 0 fully saturated rings. The van der Waals surface area contributed by atoms with Gasteiger partial charge >= 0.3 is 0 Å². The predicted molar refractivity (Wildman–Crippen MR) is 56.0 cm³/mol. The van der Waals surface area contributed by atoms with Crippen molar-refractivity contribution in [2.75, 3.05) is 0 Å². The van der Waals surface area contributed by atoms with Crippen LogP contribution in [0.1, 0.15) is 6.92 Å².